The lowest BCUT2D eigenvalue weighted by molar-refractivity contribution is 0.0939. The summed E-state index contributed by atoms with van der Waals surface area (Å²) in [6, 6.07) is 4.59. The van der Waals surface area contributed by atoms with Crippen molar-refractivity contribution < 1.29 is 13.2 Å². The Morgan fingerprint density at radius 1 is 1.30 bits per heavy atom. The van der Waals surface area contributed by atoms with Crippen molar-refractivity contribution in [3.05, 3.63) is 29.3 Å². The summed E-state index contributed by atoms with van der Waals surface area (Å²) in [5.41, 5.74) is 0.872. The largest absolute Gasteiger partial charge is 0.352 e. The monoisotopic (exact) mass is 298 g/mol. The Kier molecular flexibility index (Phi) is 4.94. The summed E-state index contributed by atoms with van der Waals surface area (Å²) < 4.78 is 23.1. The van der Waals surface area contributed by atoms with E-state index in [0.29, 0.717) is 24.1 Å². The van der Waals surface area contributed by atoms with Crippen LogP contribution in [0.1, 0.15) is 43.6 Å². The molecule has 6 heteroatoms. The second-order valence-electron chi connectivity index (χ2n) is 5.96. The van der Waals surface area contributed by atoms with Crippen LogP contribution >= 0.6 is 0 Å². The molecule has 0 atom stereocenters. The summed E-state index contributed by atoms with van der Waals surface area (Å²) in [7, 11) is -3.82. The van der Waals surface area contributed by atoms with E-state index in [1.165, 1.54) is 6.07 Å². The van der Waals surface area contributed by atoms with Crippen LogP contribution in [0.5, 0.6) is 0 Å². The minimum absolute atomic E-state index is 0.0170. The third-order valence-electron chi connectivity index (χ3n) is 2.80. The topological polar surface area (TPSA) is 89.3 Å². The summed E-state index contributed by atoms with van der Waals surface area (Å²) in [6.45, 7) is 8.35. The maximum Gasteiger partial charge on any atom is 0.251 e. The van der Waals surface area contributed by atoms with Crippen LogP contribution in [0.15, 0.2) is 23.1 Å². The number of sulfonamides is 1. The van der Waals surface area contributed by atoms with Gasteiger partial charge in [-0.2, -0.15) is 0 Å². The first-order valence-electron chi connectivity index (χ1n) is 6.48. The zero-order valence-electron chi connectivity index (χ0n) is 12.4. The predicted molar refractivity (Wildman–Crippen MR) is 79.0 cm³/mol. The maximum atomic E-state index is 12.0. The molecule has 0 radical (unpaired) electrons. The minimum Gasteiger partial charge on any atom is -0.352 e. The van der Waals surface area contributed by atoms with E-state index < -0.39 is 10.0 Å². The molecule has 0 aliphatic heterocycles. The molecule has 1 amide bonds. The van der Waals surface area contributed by atoms with Crippen LogP contribution in [0.2, 0.25) is 0 Å². The molecule has 0 saturated carbocycles. The number of hydrogen-bond acceptors (Lipinski definition) is 3. The lowest BCUT2D eigenvalue weighted by atomic mass is 9.97. The second-order valence-corrected chi connectivity index (χ2v) is 7.49. The average molecular weight is 298 g/mol. The third kappa shape index (κ3) is 4.61. The first kappa shape index (κ1) is 16.7. The highest BCUT2D eigenvalue weighted by atomic mass is 32.2. The summed E-state index contributed by atoms with van der Waals surface area (Å²) in [6.07, 6.45) is 0.537. The Balaban J connectivity index is 3.07. The number of carbonyl (C=O) groups excluding carboxylic acids is 1. The Bertz CT molecular complexity index is 601. The fourth-order valence-electron chi connectivity index (χ4n) is 1.70. The van der Waals surface area contributed by atoms with Crippen LogP contribution in [-0.4, -0.2) is 20.9 Å². The second kappa shape index (κ2) is 5.93. The van der Waals surface area contributed by atoms with Crippen LogP contribution in [0.4, 0.5) is 0 Å². The van der Waals surface area contributed by atoms with Crippen molar-refractivity contribution in [3.8, 4) is 0 Å². The maximum absolute atomic E-state index is 12.0. The van der Waals surface area contributed by atoms with E-state index in [-0.39, 0.29) is 16.2 Å². The molecule has 20 heavy (non-hydrogen) atoms. The van der Waals surface area contributed by atoms with Gasteiger partial charge in [-0.05, 0) is 29.5 Å². The molecule has 0 aliphatic carbocycles. The summed E-state index contributed by atoms with van der Waals surface area (Å²) in [4.78, 5) is 12.0. The van der Waals surface area contributed by atoms with Crippen molar-refractivity contribution in [3.63, 3.8) is 0 Å². The normalized spacial score (nSPS) is 12.2. The molecule has 112 valence electrons. The van der Waals surface area contributed by atoms with Crippen molar-refractivity contribution >= 4 is 15.9 Å². The van der Waals surface area contributed by atoms with Crippen molar-refractivity contribution in [2.45, 2.75) is 39.0 Å². The van der Waals surface area contributed by atoms with Gasteiger partial charge in [0.15, 0.2) is 0 Å². The number of hydrogen-bond donors (Lipinski definition) is 2. The number of nitrogens with one attached hydrogen (secondary N) is 1. The summed E-state index contributed by atoms with van der Waals surface area (Å²) in [5.74, 6) is -0.299. The molecular formula is C14H22N2O3S. The van der Waals surface area contributed by atoms with Gasteiger partial charge < -0.3 is 5.32 Å². The van der Waals surface area contributed by atoms with E-state index in [1.54, 1.807) is 12.1 Å². The molecule has 0 saturated heterocycles. The first-order valence-corrected chi connectivity index (χ1v) is 8.03. The molecular weight excluding hydrogens is 276 g/mol. The van der Waals surface area contributed by atoms with Crippen molar-refractivity contribution in [1.29, 1.82) is 0 Å². The molecule has 0 aliphatic rings. The van der Waals surface area contributed by atoms with Crippen LogP contribution in [0, 0.1) is 5.41 Å². The lowest BCUT2D eigenvalue weighted by Crippen LogP contribution is -2.32. The predicted octanol–water partition coefficient (Wildman–Crippen LogP) is 1.67. The molecule has 0 unspecified atom stereocenters. The van der Waals surface area contributed by atoms with Crippen LogP contribution in [0.25, 0.3) is 0 Å². The molecule has 0 aromatic heterocycles. The van der Waals surface area contributed by atoms with E-state index in [9.17, 15) is 13.2 Å². The number of rotatable bonds is 4. The van der Waals surface area contributed by atoms with Gasteiger partial charge in [-0.15, -0.1) is 0 Å². The molecule has 3 N–H and O–H groups in total. The lowest BCUT2D eigenvalue weighted by Gasteiger charge is -2.19. The molecule has 1 aromatic rings. The van der Waals surface area contributed by atoms with Gasteiger partial charge in [-0.25, -0.2) is 13.6 Å². The zero-order valence-corrected chi connectivity index (χ0v) is 13.2. The van der Waals surface area contributed by atoms with Gasteiger partial charge in [0.05, 0.1) is 4.90 Å². The Morgan fingerprint density at radius 2 is 1.90 bits per heavy atom. The average Bonchev–Trinajstić information content (AvgIpc) is 2.33. The summed E-state index contributed by atoms with van der Waals surface area (Å²) in [5, 5.41) is 7.97. The number of aryl methyl sites for hydroxylation is 1. The van der Waals surface area contributed by atoms with E-state index >= 15 is 0 Å². The first-order chi connectivity index (χ1) is 9.04. The Labute approximate surface area is 120 Å². The van der Waals surface area contributed by atoms with Crippen molar-refractivity contribution in [2.24, 2.45) is 10.6 Å². The van der Waals surface area contributed by atoms with Crippen LogP contribution in [0.3, 0.4) is 0 Å². The van der Waals surface area contributed by atoms with Gasteiger partial charge in [0, 0.05) is 12.1 Å². The van der Waals surface area contributed by atoms with Gasteiger partial charge in [0.1, 0.15) is 0 Å². The van der Waals surface area contributed by atoms with Crippen molar-refractivity contribution in [2.75, 3.05) is 6.54 Å². The number of amides is 1. The SMILES string of the molecule is CCc1ccc(C(=O)NCC(C)(C)C)cc1S(N)(=O)=O. The van der Waals surface area contributed by atoms with Gasteiger partial charge in [-0.1, -0.05) is 33.8 Å². The number of nitrogens with two attached hydrogens (primary N) is 1. The quantitative estimate of drug-likeness (QED) is 0.886. The number of carbonyl (C=O) groups is 1. The van der Waals surface area contributed by atoms with Gasteiger partial charge in [0.25, 0.3) is 5.91 Å². The smallest absolute Gasteiger partial charge is 0.251 e. The molecule has 1 rings (SSSR count). The molecule has 0 heterocycles. The number of benzene rings is 1. The third-order valence-corrected chi connectivity index (χ3v) is 3.79. The summed E-state index contributed by atoms with van der Waals surface area (Å²) >= 11 is 0. The van der Waals surface area contributed by atoms with Crippen LogP contribution in [-0.2, 0) is 16.4 Å². The van der Waals surface area contributed by atoms with Gasteiger partial charge in [-0.3, -0.25) is 4.79 Å². The number of primary sulfonamides is 1. The molecule has 0 bridgehead atoms. The highest BCUT2D eigenvalue weighted by molar-refractivity contribution is 7.89. The van der Waals surface area contributed by atoms with Gasteiger partial charge in [0.2, 0.25) is 10.0 Å². The molecule has 1 aromatic carbocycles. The highest BCUT2D eigenvalue weighted by Gasteiger charge is 2.17. The fourth-order valence-corrected chi connectivity index (χ4v) is 2.57. The van der Waals surface area contributed by atoms with Crippen LogP contribution < -0.4 is 10.5 Å². The van der Waals surface area contributed by atoms with E-state index in [1.807, 2.05) is 27.7 Å². The Hall–Kier alpha value is -1.40. The molecule has 0 fully saturated rings. The molecule has 0 spiro atoms. The fraction of sp³-hybridized carbons (Fsp3) is 0.500. The highest BCUT2D eigenvalue weighted by Crippen LogP contribution is 2.18. The Morgan fingerprint density at radius 3 is 2.35 bits per heavy atom. The van der Waals surface area contributed by atoms with E-state index in [4.69, 9.17) is 5.14 Å². The van der Waals surface area contributed by atoms with E-state index in [0.717, 1.165) is 0 Å². The minimum atomic E-state index is -3.82. The molecule has 5 nitrogen and oxygen atoms in total. The van der Waals surface area contributed by atoms with Crippen molar-refractivity contribution in [1.82, 2.24) is 5.32 Å². The standard InChI is InChI=1S/C14H22N2O3S/c1-5-10-6-7-11(8-12(10)20(15,18)19)13(17)16-9-14(2,3)4/h6-8H,5,9H2,1-4H3,(H,16,17)(H2,15,18,19). The van der Waals surface area contributed by atoms with E-state index in [2.05, 4.69) is 5.32 Å². The van der Waals surface area contributed by atoms with Gasteiger partial charge >= 0.3 is 0 Å². The zero-order chi connectivity index (χ0) is 15.6.